The van der Waals surface area contributed by atoms with Gasteiger partial charge in [-0.3, -0.25) is 4.98 Å². The third-order valence-electron chi connectivity index (χ3n) is 5.36. The first-order chi connectivity index (χ1) is 14.5. The van der Waals surface area contributed by atoms with E-state index in [2.05, 4.69) is 21.0 Å². The van der Waals surface area contributed by atoms with E-state index in [0.29, 0.717) is 22.6 Å². The smallest absolute Gasteiger partial charge is 0.164 e. The number of aliphatic hydroxyl groups is 2. The molecule has 154 valence electrons. The number of nitrogens with zero attached hydrogens (tertiary/aromatic N) is 4. The fourth-order valence-corrected chi connectivity index (χ4v) is 3.77. The molecule has 9 heteroatoms. The van der Waals surface area contributed by atoms with Crippen LogP contribution in [0.3, 0.4) is 0 Å². The quantitative estimate of drug-likeness (QED) is 0.465. The first-order valence-corrected chi connectivity index (χ1v) is 9.59. The number of rotatable bonds is 4. The van der Waals surface area contributed by atoms with Crippen molar-refractivity contribution in [2.24, 2.45) is 0 Å². The molecule has 4 atom stereocenters. The monoisotopic (exact) mass is 407 g/mol. The van der Waals surface area contributed by atoms with Gasteiger partial charge in [0.15, 0.2) is 6.23 Å². The standard InChI is InChI=1S/C21H21N5O4/c1-11-6-12-2-3-13(7-15(12)23-8-11)29-9-16-17(27)18(28)21(30-16)26-5-4-14-19(22)24-10-25-20(14)26/h2-8,10,16-18,21,27-28H,9H2,1H3,(H2,22,24,25)/t16-,17-,18-,21-/m1/s1. The molecular weight excluding hydrogens is 386 g/mol. The number of aryl methyl sites for hydroxylation is 1. The maximum atomic E-state index is 10.6. The molecule has 4 heterocycles. The number of pyridine rings is 1. The van der Waals surface area contributed by atoms with Gasteiger partial charge in [0.1, 0.15) is 48.5 Å². The molecular formula is C21H21N5O4. The van der Waals surface area contributed by atoms with Gasteiger partial charge in [0.25, 0.3) is 0 Å². The molecule has 1 aliphatic rings. The Morgan fingerprint density at radius 2 is 2.00 bits per heavy atom. The predicted molar refractivity (Wildman–Crippen MR) is 110 cm³/mol. The van der Waals surface area contributed by atoms with Crippen LogP contribution in [0.25, 0.3) is 21.9 Å². The zero-order valence-corrected chi connectivity index (χ0v) is 16.2. The highest BCUT2D eigenvalue weighted by Gasteiger charge is 2.44. The average Bonchev–Trinajstić information content (AvgIpc) is 3.29. The van der Waals surface area contributed by atoms with E-state index in [4.69, 9.17) is 15.2 Å². The molecule has 4 aromatic rings. The maximum Gasteiger partial charge on any atom is 0.164 e. The molecule has 1 fully saturated rings. The molecule has 30 heavy (non-hydrogen) atoms. The van der Waals surface area contributed by atoms with Crippen molar-refractivity contribution in [2.75, 3.05) is 12.3 Å². The van der Waals surface area contributed by atoms with Crippen LogP contribution in [0.2, 0.25) is 0 Å². The summed E-state index contributed by atoms with van der Waals surface area (Å²) in [6.07, 6.45) is 1.05. The Kier molecular flexibility index (Phi) is 4.50. The topological polar surface area (TPSA) is 129 Å². The first kappa shape index (κ1) is 18.7. The summed E-state index contributed by atoms with van der Waals surface area (Å²) in [7, 11) is 0. The lowest BCUT2D eigenvalue weighted by molar-refractivity contribution is -0.0471. The summed E-state index contributed by atoms with van der Waals surface area (Å²) < 4.78 is 13.4. The molecule has 0 unspecified atom stereocenters. The number of ether oxygens (including phenoxy) is 2. The molecule has 4 N–H and O–H groups in total. The number of anilines is 1. The molecule has 0 aliphatic carbocycles. The van der Waals surface area contributed by atoms with E-state index >= 15 is 0 Å². The number of aromatic nitrogens is 4. The predicted octanol–water partition coefficient (Wildman–Crippen LogP) is 1.57. The Morgan fingerprint density at radius 3 is 2.87 bits per heavy atom. The van der Waals surface area contributed by atoms with Crippen molar-refractivity contribution in [1.82, 2.24) is 19.5 Å². The van der Waals surface area contributed by atoms with Crippen LogP contribution in [0.4, 0.5) is 5.82 Å². The van der Waals surface area contributed by atoms with Gasteiger partial charge in [-0.05, 0) is 36.8 Å². The van der Waals surface area contributed by atoms with Crippen LogP contribution in [0.5, 0.6) is 5.75 Å². The molecule has 1 aromatic carbocycles. The lowest BCUT2D eigenvalue weighted by atomic mass is 10.1. The van der Waals surface area contributed by atoms with Crippen molar-refractivity contribution in [3.05, 3.63) is 54.6 Å². The number of fused-ring (bicyclic) bond motifs is 2. The average molecular weight is 407 g/mol. The zero-order chi connectivity index (χ0) is 20.8. The van der Waals surface area contributed by atoms with Crippen LogP contribution < -0.4 is 10.5 Å². The Morgan fingerprint density at radius 1 is 1.13 bits per heavy atom. The maximum absolute atomic E-state index is 10.6. The molecule has 0 saturated carbocycles. The van der Waals surface area contributed by atoms with Gasteiger partial charge in [-0.25, -0.2) is 9.97 Å². The third-order valence-corrected chi connectivity index (χ3v) is 5.36. The number of aliphatic hydroxyl groups excluding tert-OH is 2. The van der Waals surface area contributed by atoms with Crippen LogP contribution >= 0.6 is 0 Å². The van der Waals surface area contributed by atoms with Crippen LogP contribution in [0.15, 0.2) is 49.1 Å². The van der Waals surface area contributed by atoms with Gasteiger partial charge >= 0.3 is 0 Å². The van der Waals surface area contributed by atoms with Crippen molar-refractivity contribution in [3.63, 3.8) is 0 Å². The summed E-state index contributed by atoms with van der Waals surface area (Å²) in [6, 6.07) is 9.42. The fraction of sp³-hybridized carbons (Fsp3) is 0.286. The number of nitrogen functional groups attached to an aromatic ring is 1. The Balaban J connectivity index is 1.33. The fourth-order valence-electron chi connectivity index (χ4n) is 3.77. The third kappa shape index (κ3) is 3.13. The Labute approximate surface area is 171 Å². The van der Waals surface area contributed by atoms with E-state index in [1.54, 1.807) is 23.0 Å². The minimum absolute atomic E-state index is 0.0718. The Bertz CT molecular complexity index is 1230. The minimum Gasteiger partial charge on any atom is -0.491 e. The second-order valence-electron chi connectivity index (χ2n) is 7.44. The number of nitrogens with two attached hydrogens (primary N) is 1. The molecule has 1 saturated heterocycles. The second kappa shape index (κ2) is 7.21. The lowest BCUT2D eigenvalue weighted by Gasteiger charge is -2.17. The van der Waals surface area contributed by atoms with Crippen molar-refractivity contribution < 1.29 is 19.7 Å². The van der Waals surface area contributed by atoms with E-state index < -0.39 is 24.5 Å². The minimum atomic E-state index is -1.15. The van der Waals surface area contributed by atoms with Crippen molar-refractivity contribution in [2.45, 2.75) is 31.5 Å². The summed E-state index contributed by atoms with van der Waals surface area (Å²) >= 11 is 0. The molecule has 0 radical (unpaired) electrons. The van der Waals surface area contributed by atoms with E-state index in [9.17, 15) is 10.2 Å². The largest absolute Gasteiger partial charge is 0.491 e. The van der Waals surface area contributed by atoms with Crippen LogP contribution in [-0.2, 0) is 4.74 Å². The van der Waals surface area contributed by atoms with Gasteiger partial charge in [-0.15, -0.1) is 0 Å². The van der Waals surface area contributed by atoms with E-state index in [-0.39, 0.29) is 6.61 Å². The van der Waals surface area contributed by atoms with Crippen molar-refractivity contribution in [3.8, 4) is 5.75 Å². The highest BCUT2D eigenvalue weighted by atomic mass is 16.6. The number of benzene rings is 1. The van der Waals surface area contributed by atoms with Gasteiger partial charge in [0.05, 0.1) is 10.9 Å². The summed E-state index contributed by atoms with van der Waals surface area (Å²) in [6.45, 7) is 2.06. The SMILES string of the molecule is Cc1cnc2cc(OC[C@H]3O[C@@H](n4ccc5c(N)ncnc54)[C@H](O)[C@@H]3O)ccc2c1. The molecule has 0 spiro atoms. The normalized spacial score (nSPS) is 24.0. The highest BCUT2D eigenvalue weighted by molar-refractivity contribution is 5.86. The molecule has 3 aromatic heterocycles. The van der Waals surface area contributed by atoms with E-state index in [0.717, 1.165) is 16.5 Å². The molecule has 5 rings (SSSR count). The molecule has 1 aliphatic heterocycles. The van der Waals surface area contributed by atoms with Gasteiger partial charge in [-0.1, -0.05) is 0 Å². The highest BCUT2D eigenvalue weighted by Crippen LogP contribution is 2.33. The van der Waals surface area contributed by atoms with Crippen molar-refractivity contribution in [1.29, 1.82) is 0 Å². The van der Waals surface area contributed by atoms with E-state index in [1.807, 2.05) is 25.1 Å². The number of hydrogen-bond acceptors (Lipinski definition) is 8. The van der Waals surface area contributed by atoms with Gasteiger partial charge < -0.3 is 30.0 Å². The van der Waals surface area contributed by atoms with Gasteiger partial charge in [0, 0.05) is 23.8 Å². The van der Waals surface area contributed by atoms with Crippen molar-refractivity contribution >= 4 is 27.8 Å². The van der Waals surface area contributed by atoms with E-state index in [1.165, 1.54) is 6.33 Å². The van der Waals surface area contributed by atoms with Gasteiger partial charge in [-0.2, -0.15) is 0 Å². The number of hydrogen-bond donors (Lipinski definition) is 3. The summed E-state index contributed by atoms with van der Waals surface area (Å²) in [5.41, 5.74) is 8.31. The van der Waals surface area contributed by atoms with Gasteiger partial charge in [0.2, 0.25) is 0 Å². The molecule has 0 bridgehead atoms. The van der Waals surface area contributed by atoms with Crippen LogP contribution in [0.1, 0.15) is 11.8 Å². The molecule has 0 amide bonds. The summed E-state index contributed by atoms with van der Waals surface area (Å²) in [5, 5.41) is 22.7. The second-order valence-corrected chi connectivity index (χ2v) is 7.44. The first-order valence-electron chi connectivity index (χ1n) is 9.59. The summed E-state index contributed by atoms with van der Waals surface area (Å²) in [4.78, 5) is 12.6. The van der Waals surface area contributed by atoms with Crippen LogP contribution in [-0.4, -0.2) is 54.7 Å². The zero-order valence-electron chi connectivity index (χ0n) is 16.2. The van der Waals surface area contributed by atoms with Crippen LogP contribution in [0, 0.1) is 6.92 Å². The lowest BCUT2D eigenvalue weighted by Crippen LogP contribution is -2.34. The molecule has 9 nitrogen and oxygen atoms in total. The Hall–Kier alpha value is -3.27. The summed E-state index contributed by atoms with van der Waals surface area (Å²) in [5.74, 6) is 0.950.